The second-order valence-electron chi connectivity index (χ2n) is 5.40. The van der Waals surface area contributed by atoms with Crippen LogP contribution < -0.4 is 0 Å². The van der Waals surface area contributed by atoms with E-state index in [1.807, 2.05) is 24.3 Å². The third kappa shape index (κ3) is 4.46. The first-order chi connectivity index (χ1) is 9.29. The summed E-state index contributed by atoms with van der Waals surface area (Å²) in [7, 11) is 0. The SMILES string of the molecule is CCc1ccc(C(=O)COC2CCCCCC2)cc1. The molecular formula is C17H24O2. The lowest BCUT2D eigenvalue weighted by atomic mass is 10.1. The topological polar surface area (TPSA) is 26.3 Å². The number of ether oxygens (including phenoxy) is 1. The second kappa shape index (κ2) is 7.44. The van der Waals surface area contributed by atoms with Crippen molar-refractivity contribution in [2.75, 3.05) is 6.61 Å². The molecule has 2 nitrogen and oxygen atoms in total. The molecule has 0 amide bonds. The third-order valence-electron chi connectivity index (χ3n) is 3.94. The fourth-order valence-corrected chi connectivity index (χ4v) is 2.61. The van der Waals surface area contributed by atoms with Gasteiger partial charge in [0.05, 0.1) is 6.10 Å². The summed E-state index contributed by atoms with van der Waals surface area (Å²) in [4.78, 5) is 12.0. The number of ketones is 1. The number of benzene rings is 1. The van der Waals surface area contributed by atoms with Crippen LogP contribution in [-0.2, 0) is 11.2 Å². The van der Waals surface area contributed by atoms with E-state index in [0.29, 0.717) is 6.10 Å². The van der Waals surface area contributed by atoms with Crippen molar-refractivity contribution in [2.24, 2.45) is 0 Å². The van der Waals surface area contributed by atoms with Crippen molar-refractivity contribution in [1.29, 1.82) is 0 Å². The summed E-state index contributed by atoms with van der Waals surface area (Å²) in [6, 6.07) is 7.88. The van der Waals surface area contributed by atoms with E-state index in [9.17, 15) is 4.79 Å². The Morgan fingerprint density at radius 2 is 1.74 bits per heavy atom. The minimum Gasteiger partial charge on any atom is -0.370 e. The Morgan fingerprint density at radius 3 is 2.32 bits per heavy atom. The molecule has 1 aliphatic carbocycles. The first kappa shape index (κ1) is 14.3. The number of hydrogen-bond donors (Lipinski definition) is 0. The van der Waals surface area contributed by atoms with Gasteiger partial charge in [-0.1, -0.05) is 56.9 Å². The number of hydrogen-bond acceptors (Lipinski definition) is 2. The number of aryl methyl sites for hydroxylation is 1. The maximum atomic E-state index is 12.0. The zero-order chi connectivity index (χ0) is 13.5. The Labute approximate surface area is 116 Å². The lowest BCUT2D eigenvalue weighted by Gasteiger charge is -2.14. The average molecular weight is 260 g/mol. The Bertz CT molecular complexity index is 386. The highest BCUT2D eigenvalue weighted by molar-refractivity contribution is 5.97. The van der Waals surface area contributed by atoms with Crippen LogP contribution in [0.15, 0.2) is 24.3 Å². The summed E-state index contributed by atoms with van der Waals surface area (Å²) < 4.78 is 5.79. The van der Waals surface area contributed by atoms with E-state index in [4.69, 9.17) is 4.74 Å². The van der Waals surface area contributed by atoms with Crippen LogP contribution in [-0.4, -0.2) is 18.5 Å². The summed E-state index contributed by atoms with van der Waals surface area (Å²) in [6.07, 6.45) is 8.63. The first-order valence-electron chi connectivity index (χ1n) is 7.53. The molecule has 19 heavy (non-hydrogen) atoms. The van der Waals surface area contributed by atoms with Gasteiger partial charge in [-0.15, -0.1) is 0 Å². The fourth-order valence-electron chi connectivity index (χ4n) is 2.61. The normalized spacial score (nSPS) is 17.1. The van der Waals surface area contributed by atoms with Gasteiger partial charge < -0.3 is 4.74 Å². The van der Waals surface area contributed by atoms with Crippen molar-refractivity contribution >= 4 is 5.78 Å². The Hall–Kier alpha value is -1.15. The van der Waals surface area contributed by atoms with Crippen LogP contribution >= 0.6 is 0 Å². The fraction of sp³-hybridized carbons (Fsp3) is 0.588. The molecule has 1 aliphatic rings. The lowest BCUT2D eigenvalue weighted by molar-refractivity contribution is 0.0389. The van der Waals surface area contributed by atoms with Gasteiger partial charge in [0.15, 0.2) is 5.78 Å². The molecule has 1 saturated carbocycles. The summed E-state index contributed by atoms with van der Waals surface area (Å²) >= 11 is 0. The van der Waals surface area contributed by atoms with Crippen molar-refractivity contribution in [3.8, 4) is 0 Å². The highest BCUT2D eigenvalue weighted by atomic mass is 16.5. The van der Waals surface area contributed by atoms with Gasteiger partial charge in [0.25, 0.3) is 0 Å². The van der Waals surface area contributed by atoms with Gasteiger partial charge in [0, 0.05) is 5.56 Å². The van der Waals surface area contributed by atoms with Crippen molar-refractivity contribution in [3.63, 3.8) is 0 Å². The molecule has 0 N–H and O–H groups in total. The van der Waals surface area contributed by atoms with Crippen LogP contribution in [0.5, 0.6) is 0 Å². The van der Waals surface area contributed by atoms with Crippen molar-refractivity contribution in [2.45, 2.75) is 58.0 Å². The molecule has 1 aromatic carbocycles. The smallest absolute Gasteiger partial charge is 0.188 e. The van der Waals surface area contributed by atoms with Gasteiger partial charge in [-0.05, 0) is 24.8 Å². The van der Waals surface area contributed by atoms with E-state index < -0.39 is 0 Å². The highest BCUT2D eigenvalue weighted by Gasteiger charge is 2.14. The van der Waals surface area contributed by atoms with Crippen LogP contribution in [0.4, 0.5) is 0 Å². The molecule has 0 heterocycles. The van der Waals surface area contributed by atoms with Gasteiger partial charge in [-0.25, -0.2) is 0 Å². The maximum absolute atomic E-state index is 12.0. The van der Waals surface area contributed by atoms with Gasteiger partial charge in [-0.3, -0.25) is 4.79 Å². The van der Waals surface area contributed by atoms with E-state index in [1.165, 1.54) is 31.2 Å². The van der Waals surface area contributed by atoms with Crippen LogP contribution in [0.3, 0.4) is 0 Å². The number of carbonyl (C=O) groups is 1. The predicted octanol–water partition coefficient (Wildman–Crippen LogP) is 4.17. The minimum absolute atomic E-state index is 0.104. The average Bonchev–Trinajstić information content (AvgIpc) is 2.73. The molecule has 0 aliphatic heterocycles. The largest absolute Gasteiger partial charge is 0.370 e. The number of carbonyl (C=O) groups excluding carboxylic acids is 1. The van der Waals surface area contributed by atoms with Gasteiger partial charge in [0.1, 0.15) is 6.61 Å². The van der Waals surface area contributed by atoms with Crippen LogP contribution in [0.2, 0.25) is 0 Å². The molecule has 0 bridgehead atoms. The van der Waals surface area contributed by atoms with E-state index in [1.54, 1.807) is 0 Å². The number of Topliss-reactive ketones (excluding diaryl/α,β-unsaturated/α-hetero) is 1. The molecule has 1 aromatic rings. The van der Waals surface area contributed by atoms with E-state index in [-0.39, 0.29) is 12.4 Å². The van der Waals surface area contributed by atoms with Crippen LogP contribution in [0.25, 0.3) is 0 Å². The molecule has 1 fully saturated rings. The zero-order valence-electron chi connectivity index (χ0n) is 11.9. The van der Waals surface area contributed by atoms with Crippen LogP contribution in [0.1, 0.15) is 61.4 Å². The summed E-state index contributed by atoms with van der Waals surface area (Å²) in [5.41, 5.74) is 2.03. The molecule has 2 heteroatoms. The monoisotopic (exact) mass is 260 g/mol. The molecule has 0 spiro atoms. The minimum atomic E-state index is 0.104. The summed E-state index contributed by atoms with van der Waals surface area (Å²) in [5, 5.41) is 0. The predicted molar refractivity (Wildman–Crippen MR) is 77.6 cm³/mol. The summed E-state index contributed by atoms with van der Waals surface area (Å²) in [6.45, 7) is 2.35. The molecule has 2 rings (SSSR count). The van der Waals surface area contributed by atoms with Gasteiger partial charge in [-0.2, -0.15) is 0 Å². The van der Waals surface area contributed by atoms with Gasteiger partial charge >= 0.3 is 0 Å². The third-order valence-corrected chi connectivity index (χ3v) is 3.94. The first-order valence-corrected chi connectivity index (χ1v) is 7.53. The second-order valence-corrected chi connectivity index (χ2v) is 5.40. The molecule has 0 unspecified atom stereocenters. The molecule has 0 radical (unpaired) electrons. The van der Waals surface area contributed by atoms with Gasteiger partial charge in [0.2, 0.25) is 0 Å². The quantitative estimate of drug-likeness (QED) is 0.586. The van der Waals surface area contributed by atoms with Crippen molar-refractivity contribution in [3.05, 3.63) is 35.4 Å². The van der Waals surface area contributed by atoms with Crippen LogP contribution in [0, 0.1) is 0 Å². The summed E-state index contributed by atoms with van der Waals surface area (Å²) in [5.74, 6) is 0.104. The zero-order valence-corrected chi connectivity index (χ0v) is 11.9. The Balaban J connectivity index is 1.82. The molecular weight excluding hydrogens is 236 g/mol. The van der Waals surface area contributed by atoms with E-state index >= 15 is 0 Å². The Kier molecular flexibility index (Phi) is 5.59. The molecule has 0 aromatic heterocycles. The molecule has 0 saturated heterocycles. The molecule has 0 atom stereocenters. The molecule has 104 valence electrons. The van der Waals surface area contributed by atoms with Crippen molar-refractivity contribution in [1.82, 2.24) is 0 Å². The number of rotatable bonds is 5. The maximum Gasteiger partial charge on any atom is 0.188 e. The van der Waals surface area contributed by atoms with E-state index in [2.05, 4.69) is 6.92 Å². The highest BCUT2D eigenvalue weighted by Crippen LogP contribution is 2.20. The lowest BCUT2D eigenvalue weighted by Crippen LogP contribution is -2.18. The van der Waals surface area contributed by atoms with Crippen molar-refractivity contribution < 1.29 is 9.53 Å². The Morgan fingerprint density at radius 1 is 1.11 bits per heavy atom. The van der Waals surface area contributed by atoms with E-state index in [0.717, 1.165) is 24.8 Å². The standard InChI is InChI=1S/C17H24O2/c1-2-14-9-11-15(12-10-14)17(18)13-19-16-7-5-3-4-6-8-16/h9-12,16H,2-8,13H2,1H3.